The van der Waals surface area contributed by atoms with Crippen LogP contribution in [0.15, 0.2) is 0 Å². The van der Waals surface area contributed by atoms with Crippen LogP contribution in [0.5, 0.6) is 0 Å². The summed E-state index contributed by atoms with van der Waals surface area (Å²) in [5.74, 6) is 0. The lowest BCUT2D eigenvalue weighted by molar-refractivity contribution is 0.00238. The fraction of sp³-hybridized carbons (Fsp3) is 1.00. The van der Waals surface area contributed by atoms with E-state index >= 15 is 0 Å². The highest BCUT2D eigenvalue weighted by atomic mass is 15.3. The summed E-state index contributed by atoms with van der Waals surface area (Å²) in [6.45, 7) is 14.3. The summed E-state index contributed by atoms with van der Waals surface area (Å²) in [5.41, 5.74) is 0.435. The average Bonchev–Trinajstić information content (AvgIpc) is 2.41. The second-order valence-corrected chi connectivity index (χ2v) is 7.52. The second-order valence-electron chi connectivity index (χ2n) is 7.52. The predicted molar refractivity (Wildman–Crippen MR) is 87.2 cm³/mol. The summed E-state index contributed by atoms with van der Waals surface area (Å²) < 4.78 is 0. The highest BCUT2D eigenvalue weighted by molar-refractivity contribution is 4.99. The average molecular weight is 281 g/mol. The van der Waals surface area contributed by atoms with Crippen LogP contribution in [0, 0.1) is 5.41 Å². The van der Waals surface area contributed by atoms with Gasteiger partial charge in [0, 0.05) is 37.8 Å². The molecule has 3 atom stereocenters. The lowest BCUT2D eigenvalue weighted by Crippen LogP contribution is -2.63. The van der Waals surface area contributed by atoms with Gasteiger partial charge in [-0.25, -0.2) is 0 Å². The van der Waals surface area contributed by atoms with E-state index in [1.165, 1.54) is 45.3 Å². The summed E-state index contributed by atoms with van der Waals surface area (Å²) in [4.78, 5) is 5.34. The molecule has 1 saturated carbocycles. The van der Waals surface area contributed by atoms with Gasteiger partial charge in [-0.15, -0.1) is 0 Å². The van der Waals surface area contributed by atoms with Gasteiger partial charge in [-0.3, -0.25) is 4.90 Å². The first-order valence-electron chi connectivity index (χ1n) is 8.67. The number of nitrogens with one attached hydrogen (secondary N) is 1. The van der Waals surface area contributed by atoms with Gasteiger partial charge in [0.1, 0.15) is 0 Å². The molecule has 0 bridgehead atoms. The van der Waals surface area contributed by atoms with Crippen molar-refractivity contribution in [1.82, 2.24) is 15.1 Å². The number of rotatable bonds is 4. The van der Waals surface area contributed by atoms with Gasteiger partial charge < -0.3 is 10.2 Å². The smallest absolute Gasteiger partial charge is 0.0274 e. The topological polar surface area (TPSA) is 18.5 Å². The highest BCUT2D eigenvalue weighted by Crippen LogP contribution is 2.38. The molecule has 1 heterocycles. The molecule has 3 unspecified atom stereocenters. The van der Waals surface area contributed by atoms with Crippen LogP contribution in [0.3, 0.4) is 0 Å². The van der Waals surface area contributed by atoms with Crippen LogP contribution in [-0.2, 0) is 0 Å². The van der Waals surface area contributed by atoms with Gasteiger partial charge >= 0.3 is 0 Å². The zero-order chi connectivity index (χ0) is 14.8. The van der Waals surface area contributed by atoms with Crippen molar-refractivity contribution in [2.75, 3.05) is 33.2 Å². The highest BCUT2D eigenvalue weighted by Gasteiger charge is 2.42. The third kappa shape index (κ3) is 3.37. The Bertz CT molecular complexity index is 303. The first kappa shape index (κ1) is 16.3. The van der Waals surface area contributed by atoms with Crippen LogP contribution in [0.25, 0.3) is 0 Å². The Labute approximate surface area is 126 Å². The SMILES string of the molecule is CCNC1C(N2CCN(C)C(CC)C2)CCCC1(C)C. The molecule has 2 aliphatic rings. The van der Waals surface area contributed by atoms with Crippen LogP contribution in [0.1, 0.15) is 53.4 Å². The Morgan fingerprint density at radius 3 is 2.60 bits per heavy atom. The van der Waals surface area contributed by atoms with Gasteiger partial charge in [-0.2, -0.15) is 0 Å². The van der Waals surface area contributed by atoms with Crippen LogP contribution in [0.2, 0.25) is 0 Å². The van der Waals surface area contributed by atoms with E-state index in [4.69, 9.17) is 0 Å². The number of nitrogens with zero attached hydrogens (tertiary/aromatic N) is 2. The molecular formula is C17H35N3. The molecule has 1 N–H and O–H groups in total. The summed E-state index contributed by atoms with van der Waals surface area (Å²) in [6.07, 6.45) is 5.41. The van der Waals surface area contributed by atoms with E-state index in [1.807, 2.05) is 0 Å². The van der Waals surface area contributed by atoms with Crippen LogP contribution < -0.4 is 5.32 Å². The van der Waals surface area contributed by atoms with E-state index in [0.29, 0.717) is 11.5 Å². The third-order valence-corrected chi connectivity index (χ3v) is 5.72. The number of piperazine rings is 1. The Morgan fingerprint density at radius 1 is 1.20 bits per heavy atom. The van der Waals surface area contributed by atoms with Crippen LogP contribution in [-0.4, -0.2) is 61.2 Å². The molecular weight excluding hydrogens is 246 g/mol. The predicted octanol–water partition coefficient (Wildman–Crippen LogP) is 2.57. The normalized spacial score (nSPS) is 36.1. The maximum absolute atomic E-state index is 3.81. The summed E-state index contributed by atoms with van der Waals surface area (Å²) in [5, 5.41) is 3.81. The lowest BCUT2D eigenvalue weighted by Gasteiger charge is -2.51. The van der Waals surface area contributed by atoms with Crippen molar-refractivity contribution in [3.05, 3.63) is 0 Å². The molecule has 1 aliphatic heterocycles. The number of hydrogen-bond donors (Lipinski definition) is 1. The standard InChI is InChI=1S/C17H35N3/c1-6-14-13-20(12-11-19(14)5)15-9-8-10-17(3,4)16(15)18-7-2/h14-16,18H,6-13H2,1-5H3. The fourth-order valence-electron chi connectivity index (χ4n) is 4.35. The molecule has 0 aromatic carbocycles. The molecule has 3 heteroatoms. The quantitative estimate of drug-likeness (QED) is 0.854. The van der Waals surface area contributed by atoms with Crippen LogP contribution in [0.4, 0.5) is 0 Å². The first-order valence-corrected chi connectivity index (χ1v) is 8.67. The van der Waals surface area contributed by atoms with E-state index in [0.717, 1.165) is 18.6 Å². The minimum absolute atomic E-state index is 0.435. The summed E-state index contributed by atoms with van der Waals surface area (Å²) in [6, 6.07) is 2.14. The van der Waals surface area contributed by atoms with Gasteiger partial charge in [-0.05, 0) is 38.3 Å². The van der Waals surface area contributed by atoms with E-state index in [9.17, 15) is 0 Å². The Kier molecular flexibility index (Phi) is 5.49. The minimum atomic E-state index is 0.435. The van der Waals surface area contributed by atoms with Crippen molar-refractivity contribution in [1.29, 1.82) is 0 Å². The van der Waals surface area contributed by atoms with Gasteiger partial charge in [0.25, 0.3) is 0 Å². The molecule has 0 aromatic heterocycles. The Hall–Kier alpha value is -0.120. The van der Waals surface area contributed by atoms with Crippen molar-refractivity contribution in [3.8, 4) is 0 Å². The van der Waals surface area contributed by atoms with Gasteiger partial charge in [0.15, 0.2) is 0 Å². The van der Waals surface area contributed by atoms with E-state index in [-0.39, 0.29) is 0 Å². The van der Waals surface area contributed by atoms with Crippen molar-refractivity contribution in [3.63, 3.8) is 0 Å². The van der Waals surface area contributed by atoms with Gasteiger partial charge in [-0.1, -0.05) is 34.1 Å². The monoisotopic (exact) mass is 281 g/mol. The second kappa shape index (κ2) is 6.76. The minimum Gasteiger partial charge on any atom is -0.312 e. The van der Waals surface area contributed by atoms with Crippen molar-refractivity contribution >= 4 is 0 Å². The zero-order valence-electron chi connectivity index (χ0n) is 14.3. The fourth-order valence-corrected chi connectivity index (χ4v) is 4.35. The van der Waals surface area contributed by atoms with E-state index in [1.54, 1.807) is 0 Å². The lowest BCUT2D eigenvalue weighted by atomic mass is 9.70. The maximum atomic E-state index is 3.81. The zero-order valence-corrected chi connectivity index (χ0v) is 14.3. The molecule has 0 aromatic rings. The molecule has 0 radical (unpaired) electrons. The molecule has 20 heavy (non-hydrogen) atoms. The van der Waals surface area contributed by atoms with Crippen LogP contribution >= 0.6 is 0 Å². The Balaban J connectivity index is 2.08. The molecule has 2 rings (SSSR count). The Morgan fingerprint density at radius 2 is 1.95 bits per heavy atom. The van der Waals surface area contributed by atoms with Gasteiger partial charge in [0.2, 0.25) is 0 Å². The van der Waals surface area contributed by atoms with E-state index < -0.39 is 0 Å². The van der Waals surface area contributed by atoms with E-state index in [2.05, 4.69) is 49.9 Å². The largest absolute Gasteiger partial charge is 0.312 e. The van der Waals surface area contributed by atoms with Gasteiger partial charge in [0.05, 0.1) is 0 Å². The first-order chi connectivity index (χ1) is 9.49. The number of likely N-dealkylation sites (N-methyl/N-ethyl adjacent to an activating group) is 2. The third-order valence-electron chi connectivity index (χ3n) is 5.72. The summed E-state index contributed by atoms with van der Waals surface area (Å²) in [7, 11) is 2.29. The molecule has 1 saturated heterocycles. The maximum Gasteiger partial charge on any atom is 0.0274 e. The molecule has 118 valence electrons. The van der Waals surface area contributed by atoms with Crippen molar-refractivity contribution in [2.24, 2.45) is 5.41 Å². The molecule has 1 aliphatic carbocycles. The molecule has 0 spiro atoms. The van der Waals surface area contributed by atoms with Crippen molar-refractivity contribution < 1.29 is 0 Å². The summed E-state index contributed by atoms with van der Waals surface area (Å²) >= 11 is 0. The molecule has 2 fully saturated rings. The molecule has 0 amide bonds. The van der Waals surface area contributed by atoms with Crippen molar-refractivity contribution in [2.45, 2.75) is 71.5 Å². The molecule has 3 nitrogen and oxygen atoms in total. The number of hydrogen-bond acceptors (Lipinski definition) is 3.